The third kappa shape index (κ3) is 5.19. The number of benzene rings is 1. The average molecular weight is 544 g/mol. The molecule has 6 rings (SSSR count). The van der Waals surface area contributed by atoms with Gasteiger partial charge in [0.15, 0.2) is 5.78 Å². The molecule has 0 bridgehead atoms. The van der Waals surface area contributed by atoms with Crippen molar-refractivity contribution in [2.45, 2.75) is 84.7 Å². The van der Waals surface area contributed by atoms with E-state index in [2.05, 4.69) is 17.8 Å². The van der Waals surface area contributed by atoms with Crippen molar-refractivity contribution in [1.82, 2.24) is 4.98 Å². The van der Waals surface area contributed by atoms with Gasteiger partial charge in [-0.2, -0.15) is 0 Å². The molecule has 0 radical (unpaired) electrons. The molecule has 2 saturated carbocycles. The van der Waals surface area contributed by atoms with Crippen molar-refractivity contribution in [1.29, 1.82) is 0 Å². The van der Waals surface area contributed by atoms with E-state index in [9.17, 15) is 9.90 Å². The molecule has 5 heteroatoms. The predicted molar refractivity (Wildman–Crippen MR) is 154 cm³/mol. The number of aromatic nitrogens is 1. The Labute approximate surface area is 236 Å². The fourth-order valence-electron chi connectivity index (χ4n) is 7.49. The van der Waals surface area contributed by atoms with Crippen molar-refractivity contribution in [3.8, 4) is 23.5 Å². The second kappa shape index (κ2) is 10.7. The van der Waals surface area contributed by atoms with E-state index in [0.717, 1.165) is 31.3 Å². The molecule has 1 aromatic carbocycles. The molecule has 4 aliphatic carbocycles. The minimum Gasteiger partial charge on any atom is -0.393 e. The minimum absolute atomic E-state index is 0.0694. The summed E-state index contributed by atoms with van der Waals surface area (Å²) in [6, 6.07) is 6.04. The summed E-state index contributed by atoms with van der Waals surface area (Å²) in [6.45, 7) is 8.16. The van der Waals surface area contributed by atoms with Gasteiger partial charge in [0.05, 0.1) is 6.10 Å². The summed E-state index contributed by atoms with van der Waals surface area (Å²) in [4.78, 5) is 16.1. The SMILES string of the molecule is C#CC(C)(C)C.CC12CC(c3cc(F)c(-c4ccncc4)cc3F)C3=C4CCC(=O)C=C4CCC3C1CCC2O. The van der Waals surface area contributed by atoms with E-state index in [1.807, 2.05) is 20.8 Å². The van der Waals surface area contributed by atoms with Gasteiger partial charge in [0.2, 0.25) is 0 Å². The Bertz CT molecular complexity index is 1410. The molecular formula is C35H39F2NO2. The second-order valence-corrected chi connectivity index (χ2v) is 13.2. The normalized spacial score (nSPS) is 29.4. The first-order valence-corrected chi connectivity index (χ1v) is 14.4. The quantitative estimate of drug-likeness (QED) is 0.391. The maximum atomic E-state index is 15.8. The number of terminal acetylenes is 1. The molecule has 40 heavy (non-hydrogen) atoms. The second-order valence-electron chi connectivity index (χ2n) is 13.2. The molecule has 1 aromatic heterocycles. The first-order valence-electron chi connectivity index (χ1n) is 14.4. The lowest BCUT2D eigenvalue weighted by molar-refractivity contribution is -0.114. The molecule has 2 fully saturated rings. The fourth-order valence-corrected chi connectivity index (χ4v) is 7.49. The van der Waals surface area contributed by atoms with Crippen LogP contribution in [-0.4, -0.2) is 22.0 Å². The number of ketones is 1. The highest BCUT2D eigenvalue weighted by Crippen LogP contribution is 2.64. The van der Waals surface area contributed by atoms with Crippen molar-refractivity contribution in [3.05, 3.63) is 76.7 Å². The van der Waals surface area contributed by atoms with Gasteiger partial charge in [-0.1, -0.05) is 12.5 Å². The highest BCUT2D eigenvalue weighted by atomic mass is 19.1. The lowest BCUT2D eigenvalue weighted by Crippen LogP contribution is -2.45. The standard InChI is InChI=1S/C29H29F2NO2.C6H10/c1-29-15-23(22-14-25(30)21(13-26(22)31)16-8-10-32-11-9-16)28-19-5-3-18(33)12-17(19)2-4-20(28)24(29)6-7-27(29)34;1-5-6(2,3)4/h8-14,20,23-24,27,34H,2-7,15H2,1H3;1H,2-4H3. The van der Waals surface area contributed by atoms with Gasteiger partial charge >= 0.3 is 0 Å². The molecule has 5 unspecified atom stereocenters. The van der Waals surface area contributed by atoms with E-state index in [1.54, 1.807) is 30.6 Å². The van der Waals surface area contributed by atoms with Crippen LogP contribution in [0.1, 0.15) is 84.1 Å². The van der Waals surface area contributed by atoms with Crippen molar-refractivity contribution in [2.75, 3.05) is 0 Å². The van der Waals surface area contributed by atoms with Crippen molar-refractivity contribution >= 4 is 5.78 Å². The van der Waals surface area contributed by atoms with Gasteiger partial charge in [0.1, 0.15) is 11.6 Å². The number of aliphatic hydroxyl groups excluding tert-OH is 1. The van der Waals surface area contributed by atoms with Crippen LogP contribution in [0.15, 0.2) is 59.5 Å². The number of carbonyl (C=O) groups is 1. The Hall–Kier alpha value is -3.10. The van der Waals surface area contributed by atoms with Crippen LogP contribution in [0.3, 0.4) is 0 Å². The van der Waals surface area contributed by atoms with Crippen LogP contribution < -0.4 is 0 Å². The zero-order valence-corrected chi connectivity index (χ0v) is 23.9. The highest BCUT2D eigenvalue weighted by Gasteiger charge is 2.56. The minimum atomic E-state index is -0.450. The largest absolute Gasteiger partial charge is 0.393 e. The van der Waals surface area contributed by atoms with Gasteiger partial charge in [0.25, 0.3) is 0 Å². The van der Waals surface area contributed by atoms with E-state index < -0.39 is 17.7 Å². The summed E-state index contributed by atoms with van der Waals surface area (Å²) in [7, 11) is 0. The van der Waals surface area contributed by atoms with Gasteiger partial charge in [-0.3, -0.25) is 9.78 Å². The smallest absolute Gasteiger partial charge is 0.156 e. The first kappa shape index (κ1) is 28.4. The number of pyridine rings is 1. The summed E-state index contributed by atoms with van der Waals surface area (Å²) >= 11 is 0. The Morgan fingerprint density at radius 1 is 1.05 bits per heavy atom. The van der Waals surface area contributed by atoms with Crippen molar-refractivity contribution in [3.63, 3.8) is 0 Å². The van der Waals surface area contributed by atoms with Crippen LogP contribution in [0.2, 0.25) is 0 Å². The van der Waals surface area contributed by atoms with E-state index in [4.69, 9.17) is 6.42 Å². The molecule has 3 nitrogen and oxygen atoms in total. The van der Waals surface area contributed by atoms with Gasteiger partial charge in [-0.15, -0.1) is 12.3 Å². The number of allylic oxidation sites excluding steroid dienone is 4. The third-order valence-electron chi connectivity index (χ3n) is 9.57. The highest BCUT2D eigenvalue weighted by molar-refractivity contribution is 5.93. The van der Waals surface area contributed by atoms with Gasteiger partial charge in [0, 0.05) is 35.7 Å². The number of rotatable bonds is 2. The number of hydrogen-bond acceptors (Lipinski definition) is 3. The van der Waals surface area contributed by atoms with Crippen molar-refractivity contribution in [2.24, 2.45) is 22.7 Å². The van der Waals surface area contributed by atoms with Crippen LogP contribution in [0, 0.1) is 46.6 Å². The molecule has 2 aromatic rings. The lowest BCUT2D eigenvalue weighted by Gasteiger charge is -2.52. The van der Waals surface area contributed by atoms with E-state index in [1.165, 1.54) is 23.3 Å². The topological polar surface area (TPSA) is 50.2 Å². The molecule has 4 aliphatic rings. The fraction of sp³-hybridized carbons (Fsp3) is 0.486. The first-order chi connectivity index (χ1) is 18.9. The average Bonchev–Trinajstić information content (AvgIpc) is 3.23. The molecule has 1 N–H and O–H groups in total. The van der Waals surface area contributed by atoms with Gasteiger partial charge < -0.3 is 5.11 Å². The Morgan fingerprint density at radius 3 is 2.42 bits per heavy atom. The number of carbonyl (C=O) groups excluding carboxylic acids is 1. The number of aliphatic hydroxyl groups is 1. The van der Waals surface area contributed by atoms with Gasteiger partial charge in [-0.05, 0) is 129 Å². The molecular weight excluding hydrogens is 504 g/mol. The lowest BCUT2D eigenvalue weighted by atomic mass is 9.53. The maximum Gasteiger partial charge on any atom is 0.156 e. The summed E-state index contributed by atoms with van der Waals surface area (Å²) in [5.74, 6) is 2.18. The molecule has 1 heterocycles. The third-order valence-corrected chi connectivity index (χ3v) is 9.57. The Kier molecular flexibility index (Phi) is 7.61. The van der Waals surface area contributed by atoms with Crippen LogP contribution in [0.4, 0.5) is 8.78 Å². The van der Waals surface area contributed by atoms with E-state index >= 15 is 8.78 Å². The monoisotopic (exact) mass is 543 g/mol. The number of hydrogen-bond donors (Lipinski definition) is 1. The van der Waals surface area contributed by atoms with Crippen molar-refractivity contribution < 1.29 is 18.7 Å². The summed E-state index contributed by atoms with van der Waals surface area (Å²) < 4.78 is 31.2. The molecule has 0 aliphatic heterocycles. The Morgan fingerprint density at radius 2 is 1.75 bits per heavy atom. The number of fused-ring (bicyclic) bond motifs is 4. The zero-order valence-electron chi connectivity index (χ0n) is 23.9. The van der Waals surface area contributed by atoms with E-state index in [0.29, 0.717) is 36.3 Å². The molecule has 5 atom stereocenters. The summed E-state index contributed by atoms with van der Waals surface area (Å²) in [6.07, 6.45) is 14.8. The van der Waals surface area contributed by atoms with E-state index in [-0.39, 0.29) is 34.0 Å². The Balaban J connectivity index is 0.000000487. The zero-order chi connectivity index (χ0) is 28.8. The van der Waals surface area contributed by atoms with Gasteiger partial charge in [-0.25, -0.2) is 8.78 Å². The molecule has 0 spiro atoms. The van der Waals surface area contributed by atoms with Crippen LogP contribution in [-0.2, 0) is 4.79 Å². The number of nitrogens with zero attached hydrogens (tertiary/aromatic N) is 1. The van der Waals surface area contributed by atoms with Crippen LogP contribution in [0.25, 0.3) is 11.1 Å². The molecule has 0 saturated heterocycles. The summed E-state index contributed by atoms with van der Waals surface area (Å²) in [5.41, 5.74) is 4.43. The number of halogens is 2. The van der Waals surface area contributed by atoms with Crippen LogP contribution in [0.5, 0.6) is 0 Å². The molecule has 210 valence electrons. The molecule has 0 amide bonds. The predicted octanol–water partition coefficient (Wildman–Crippen LogP) is 7.95. The summed E-state index contributed by atoms with van der Waals surface area (Å²) in [5, 5.41) is 11.0. The maximum absolute atomic E-state index is 15.8. The van der Waals surface area contributed by atoms with Crippen LogP contribution >= 0.6 is 0 Å².